The molecular weight excluding hydrogens is 302 g/mol. The minimum Gasteiger partial charge on any atom is -0.496 e. The van der Waals surface area contributed by atoms with Crippen molar-refractivity contribution in [3.05, 3.63) is 65.9 Å². The maximum Gasteiger partial charge on any atom is 0.350 e. The largest absolute Gasteiger partial charge is 0.496 e. The minimum atomic E-state index is -1.04. The molecule has 0 fully saturated rings. The lowest BCUT2D eigenvalue weighted by Crippen LogP contribution is -2.31. The molecule has 1 heterocycles. The molecule has 0 atom stereocenters. The molecule has 110 valence electrons. The van der Waals surface area contributed by atoms with Crippen LogP contribution in [0.15, 0.2) is 34.0 Å². The Balaban J connectivity index is 2.52. The number of hydrogen-bond donors (Lipinski definition) is 1. The number of hydrogen-bond acceptors (Lipinski definition) is 5. The number of benzene rings is 1. The zero-order valence-electron chi connectivity index (χ0n) is 10.8. The molecule has 9 heteroatoms. The second-order valence-corrected chi connectivity index (χ2v) is 4.55. The van der Waals surface area contributed by atoms with Crippen molar-refractivity contribution in [3.8, 4) is 5.75 Å². The zero-order valence-corrected chi connectivity index (χ0v) is 11.6. The fraction of sp³-hybridized carbons (Fsp3) is 0.167. The topological polar surface area (TPSA) is 107 Å². The van der Waals surface area contributed by atoms with Gasteiger partial charge in [-0.25, -0.2) is 4.79 Å². The van der Waals surface area contributed by atoms with Crippen LogP contribution in [0, 0.1) is 10.1 Å². The monoisotopic (exact) mass is 311 g/mol. The number of H-pyrrole nitrogens is 1. The molecule has 0 spiro atoms. The van der Waals surface area contributed by atoms with Crippen LogP contribution in [0.5, 0.6) is 5.75 Å². The van der Waals surface area contributed by atoms with Gasteiger partial charge in [0.2, 0.25) is 0 Å². The maximum absolute atomic E-state index is 11.7. The van der Waals surface area contributed by atoms with Crippen molar-refractivity contribution in [1.82, 2.24) is 9.55 Å². The number of ether oxygens (including phenoxy) is 1. The fourth-order valence-corrected chi connectivity index (χ4v) is 1.99. The lowest BCUT2D eigenvalue weighted by molar-refractivity contribution is -0.386. The van der Waals surface area contributed by atoms with Crippen molar-refractivity contribution in [1.29, 1.82) is 0 Å². The number of nitro groups is 1. The quantitative estimate of drug-likeness (QED) is 0.673. The summed E-state index contributed by atoms with van der Waals surface area (Å²) in [5.41, 5.74) is -1.96. The van der Waals surface area contributed by atoms with E-state index in [1.165, 1.54) is 7.11 Å². The number of nitrogens with one attached hydrogen (secondary N) is 1. The lowest BCUT2D eigenvalue weighted by Gasteiger charge is -2.10. The van der Waals surface area contributed by atoms with E-state index in [4.69, 9.17) is 16.3 Å². The van der Waals surface area contributed by atoms with Crippen molar-refractivity contribution >= 4 is 17.3 Å². The molecule has 2 rings (SSSR count). The van der Waals surface area contributed by atoms with E-state index >= 15 is 0 Å². The molecule has 0 aliphatic heterocycles. The lowest BCUT2D eigenvalue weighted by atomic mass is 10.2. The number of aromatic nitrogens is 2. The van der Waals surface area contributed by atoms with Crippen LogP contribution in [0.1, 0.15) is 5.56 Å². The Morgan fingerprint density at radius 3 is 2.76 bits per heavy atom. The van der Waals surface area contributed by atoms with Crippen LogP contribution < -0.4 is 16.0 Å². The number of halogens is 1. The van der Waals surface area contributed by atoms with Gasteiger partial charge in [-0.2, -0.15) is 0 Å². The number of methoxy groups -OCH3 is 1. The smallest absolute Gasteiger partial charge is 0.350 e. The van der Waals surface area contributed by atoms with Gasteiger partial charge in [0, 0.05) is 10.6 Å². The first kappa shape index (κ1) is 14.8. The molecule has 0 aliphatic rings. The first-order valence-corrected chi connectivity index (χ1v) is 6.10. The van der Waals surface area contributed by atoms with Crippen molar-refractivity contribution in [2.75, 3.05) is 7.11 Å². The number of rotatable bonds is 4. The van der Waals surface area contributed by atoms with E-state index < -0.39 is 21.9 Å². The molecule has 1 aromatic carbocycles. The van der Waals surface area contributed by atoms with Crippen LogP contribution in [0.25, 0.3) is 0 Å². The van der Waals surface area contributed by atoms with Gasteiger partial charge in [-0.15, -0.1) is 0 Å². The highest BCUT2D eigenvalue weighted by molar-refractivity contribution is 6.30. The molecule has 2 aromatic rings. The molecule has 0 aliphatic carbocycles. The van der Waals surface area contributed by atoms with Gasteiger partial charge in [-0.05, 0) is 18.2 Å². The van der Waals surface area contributed by atoms with Crippen LogP contribution in [0.2, 0.25) is 5.02 Å². The van der Waals surface area contributed by atoms with Gasteiger partial charge in [0.05, 0.1) is 24.8 Å². The van der Waals surface area contributed by atoms with Crippen LogP contribution in [0.4, 0.5) is 5.69 Å². The Morgan fingerprint density at radius 2 is 2.14 bits per heavy atom. The van der Waals surface area contributed by atoms with E-state index in [0.717, 1.165) is 10.8 Å². The van der Waals surface area contributed by atoms with Gasteiger partial charge in [-0.1, -0.05) is 11.6 Å². The molecule has 21 heavy (non-hydrogen) atoms. The van der Waals surface area contributed by atoms with E-state index in [9.17, 15) is 19.7 Å². The van der Waals surface area contributed by atoms with Crippen molar-refractivity contribution < 1.29 is 9.66 Å². The summed E-state index contributed by atoms with van der Waals surface area (Å²) >= 11 is 5.88. The first-order chi connectivity index (χ1) is 9.92. The summed E-state index contributed by atoms with van der Waals surface area (Å²) in [5.74, 6) is 0.472. The summed E-state index contributed by atoms with van der Waals surface area (Å²) in [6, 6.07) is 4.80. The second-order valence-electron chi connectivity index (χ2n) is 4.11. The summed E-state index contributed by atoms with van der Waals surface area (Å²) < 4.78 is 6.14. The van der Waals surface area contributed by atoms with Gasteiger partial charge in [-0.3, -0.25) is 24.5 Å². The Kier molecular flexibility index (Phi) is 4.08. The second kappa shape index (κ2) is 5.80. The van der Waals surface area contributed by atoms with Crippen LogP contribution in [-0.2, 0) is 6.54 Å². The summed E-state index contributed by atoms with van der Waals surface area (Å²) in [6.45, 7) is -0.0276. The molecule has 0 amide bonds. The van der Waals surface area contributed by atoms with Gasteiger partial charge in [0.25, 0.3) is 0 Å². The molecular formula is C12H10ClN3O5. The summed E-state index contributed by atoms with van der Waals surface area (Å²) in [5, 5.41) is 11.2. The van der Waals surface area contributed by atoms with Gasteiger partial charge in [0.1, 0.15) is 5.75 Å². The summed E-state index contributed by atoms with van der Waals surface area (Å²) in [4.78, 5) is 34.8. The highest BCUT2D eigenvalue weighted by atomic mass is 35.5. The number of nitrogens with zero attached hydrogens (tertiary/aromatic N) is 2. The normalized spacial score (nSPS) is 10.4. The molecule has 1 aromatic heterocycles. The highest BCUT2D eigenvalue weighted by Gasteiger charge is 2.16. The highest BCUT2D eigenvalue weighted by Crippen LogP contribution is 2.23. The van der Waals surface area contributed by atoms with Crippen LogP contribution >= 0.6 is 11.6 Å². The van der Waals surface area contributed by atoms with Gasteiger partial charge < -0.3 is 4.74 Å². The average Bonchev–Trinajstić information content (AvgIpc) is 2.41. The summed E-state index contributed by atoms with van der Waals surface area (Å²) in [7, 11) is 1.45. The van der Waals surface area contributed by atoms with E-state index in [2.05, 4.69) is 0 Å². The first-order valence-electron chi connectivity index (χ1n) is 5.73. The van der Waals surface area contributed by atoms with Crippen LogP contribution in [0.3, 0.4) is 0 Å². The minimum absolute atomic E-state index is 0.0276. The maximum atomic E-state index is 11.7. The van der Waals surface area contributed by atoms with Gasteiger partial charge in [0.15, 0.2) is 0 Å². The fourth-order valence-electron chi connectivity index (χ4n) is 1.80. The van der Waals surface area contributed by atoms with E-state index in [1.54, 1.807) is 18.2 Å². The van der Waals surface area contributed by atoms with E-state index in [1.807, 2.05) is 4.98 Å². The van der Waals surface area contributed by atoms with Crippen LogP contribution in [-0.4, -0.2) is 21.6 Å². The average molecular weight is 312 g/mol. The Hall–Kier alpha value is -2.61. The third kappa shape index (κ3) is 3.11. The number of aromatic amines is 1. The standard InChI is InChI=1S/C12H10ClN3O5/c1-21-10-3-2-8(13)4-7(10)5-15-6-9(16(19)20)11(17)14-12(15)18/h2-4,6H,5H2,1H3,(H,14,17,18). The zero-order chi connectivity index (χ0) is 15.6. The van der Waals surface area contributed by atoms with Crippen molar-refractivity contribution in [2.45, 2.75) is 6.54 Å². The molecule has 1 N–H and O–H groups in total. The Bertz CT molecular complexity index is 811. The Labute approximate surface area is 122 Å². The molecule has 0 bridgehead atoms. The SMILES string of the molecule is COc1ccc(Cl)cc1Cn1cc([N+](=O)[O-])c(=O)[nH]c1=O. The third-order valence-corrected chi connectivity index (χ3v) is 3.01. The molecule has 0 radical (unpaired) electrons. The van der Waals surface area contributed by atoms with E-state index in [-0.39, 0.29) is 6.54 Å². The third-order valence-electron chi connectivity index (χ3n) is 2.77. The van der Waals surface area contributed by atoms with Crippen molar-refractivity contribution in [3.63, 3.8) is 0 Å². The van der Waals surface area contributed by atoms with E-state index in [0.29, 0.717) is 16.3 Å². The molecule has 8 nitrogen and oxygen atoms in total. The summed E-state index contributed by atoms with van der Waals surface area (Å²) in [6.07, 6.45) is 0.890. The predicted molar refractivity (Wildman–Crippen MR) is 75.1 cm³/mol. The van der Waals surface area contributed by atoms with Gasteiger partial charge >= 0.3 is 16.9 Å². The molecule has 0 saturated carbocycles. The predicted octanol–water partition coefficient (Wildman–Crippen LogP) is 1.16. The van der Waals surface area contributed by atoms with Crippen molar-refractivity contribution in [2.24, 2.45) is 0 Å². The molecule has 0 unspecified atom stereocenters. The Morgan fingerprint density at radius 1 is 1.43 bits per heavy atom. The molecule has 0 saturated heterocycles.